The number of hydrogen-bond acceptors (Lipinski definition) is 4. The van der Waals surface area contributed by atoms with Crippen molar-refractivity contribution in [2.45, 2.75) is 6.10 Å². The predicted molar refractivity (Wildman–Crippen MR) is 59.3 cm³/mol. The number of rotatable bonds is 3. The number of nitriles is 1. The summed E-state index contributed by atoms with van der Waals surface area (Å²) in [5, 5.41) is 23.3. The molecule has 3 N–H and O–H groups in total. The van der Waals surface area contributed by atoms with Crippen LogP contribution in [-0.4, -0.2) is 29.6 Å². The van der Waals surface area contributed by atoms with Crippen LogP contribution in [0.5, 0.6) is 0 Å². The lowest BCUT2D eigenvalue weighted by Crippen LogP contribution is -2.37. The van der Waals surface area contributed by atoms with Crippen molar-refractivity contribution in [3.05, 3.63) is 30.1 Å². The van der Waals surface area contributed by atoms with Gasteiger partial charge in [0.1, 0.15) is 6.10 Å². The van der Waals surface area contributed by atoms with Crippen LogP contribution in [0.3, 0.4) is 0 Å². The normalized spacial score (nSPS) is 12.7. The van der Waals surface area contributed by atoms with Gasteiger partial charge in [-0.25, -0.2) is 0 Å². The van der Waals surface area contributed by atoms with E-state index in [0.717, 1.165) is 0 Å². The van der Waals surface area contributed by atoms with Gasteiger partial charge in [-0.05, 0) is 12.1 Å². The molecule has 0 saturated heterocycles. The van der Waals surface area contributed by atoms with Crippen molar-refractivity contribution < 1.29 is 5.11 Å². The molecule has 1 rings (SSSR count). The fourth-order valence-electron chi connectivity index (χ4n) is 1.10. The van der Waals surface area contributed by atoms with E-state index in [2.05, 4.69) is 20.6 Å². The number of aromatic nitrogens is 1. The van der Waals surface area contributed by atoms with E-state index in [9.17, 15) is 5.11 Å². The molecule has 1 atom stereocenters. The summed E-state index contributed by atoms with van der Waals surface area (Å²) in [7, 11) is 1.54. The molecular formula is C10H13N5O. The highest BCUT2D eigenvalue weighted by Gasteiger charge is 2.08. The van der Waals surface area contributed by atoms with Crippen LogP contribution in [0.25, 0.3) is 0 Å². The Morgan fingerprint density at radius 2 is 2.50 bits per heavy atom. The van der Waals surface area contributed by atoms with Crippen LogP contribution in [0.2, 0.25) is 0 Å². The first-order valence-electron chi connectivity index (χ1n) is 4.72. The molecule has 0 spiro atoms. The fraction of sp³-hybridized carbons (Fsp3) is 0.300. The van der Waals surface area contributed by atoms with E-state index in [0.29, 0.717) is 11.7 Å². The summed E-state index contributed by atoms with van der Waals surface area (Å²) in [5.41, 5.74) is 0.572. The second kappa shape index (κ2) is 6.37. The maximum absolute atomic E-state index is 9.74. The lowest BCUT2D eigenvalue weighted by molar-refractivity contribution is 0.176. The smallest absolute Gasteiger partial charge is 0.204 e. The third kappa shape index (κ3) is 3.55. The molecule has 0 bridgehead atoms. The topological polar surface area (TPSA) is 93.3 Å². The number of aliphatic hydroxyl groups is 1. The van der Waals surface area contributed by atoms with Gasteiger partial charge in [0.25, 0.3) is 0 Å². The fourth-order valence-corrected chi connectivity index (χ4v) is 1.10. The minimum Gasteiger partial charge on any atom is -0.385 e. The molecule has 0 radical (unpaired) electrons. The molecule has 0 aliphatic heterocycles. The minimum atomic E-state index is -0.738. The van der Waals surface area contributed by atoms with Gasteiger partial charge < -0.3 is 10.4 Å². The van der Waals surface area contributed by atoms with Crippen molar-refractivity contribution in [1.82, 2.24) is 15.6 Å². The summed E-state index contributed by atoms with van der Waals surface area (Å²) >= 11 is 0. The number of aliphatic imine (C=N–C) groups is 1. The molecule has 0 saturated carbocycles. The monoisotopic (exact) mass is 219 g/mol. The highest BCUT2D eigenvalue weighted by Crippen LogP contribution is 2.06. The zero-order valence-corrected chi connectivity index (χ0v) is 8.88. The molecule has 84 valence electrons. The van der Waals surface area contributed by atoms with Crippen molar-refractivity contribution in [1.29, 1.82) is 5.26 Å². The van der Waals surface area contributed by atoms with Crippen LogP contribution < -0.4 is 10.6 Å². The second-order valence-corrected chi connectivity index (χ2v) is 2.96. The van der Waals surface area contributed by atoms with Crippen LogP contribution >= 0.6 is 0 Å². The minimum absolute atomic E-state index is 0.234. The van der Waals surface area contributed by atoms with Crippen molar-refractivity contribution in [2.24, 2.45) is 4.99 Å². The molecule has 0 aliphatic carbocycles. The van der Waals surface area contributed by atoms with Gasteiger partial charge in [-0.2, -0.15) is 5.26 Å². The summed E-state index contributed by atoms with van der Waals surface area (Å²) < 4.78 is 0. The summed E-state index contributed by atoms with van der Waals surface area (Å²) in [6.45, 7) is 0.234. The Bertz CT molecular complexity index is 384. The molecule has 6 heteroatoms. The quantitative estimate of drug-likeness (QED) is 0.282. The molecule has 1 unspecified atom stereocenters. The Hall–Kier alpha value is -2.13. The number of nitrogens with zero attached hydrogens (tertiary/aromatic N) is 3. The average Bonchev–Trinajstić information content (AvgIpc) is 2.35. The molecule has 0 fully saturated rings. The van der Waals surface area contributed by atoms with Gasteiger partial charge in [-0.15, -0.1) is 0 Å². The van der Waals surface area contributed by atoms with Crippen molar-refractivity contribution in [2.75, 3.05) is 13.6 Å². The standard InChI is InChI=1S/C10H13N5O/c1-12-10(15-7-11)14-6-9(16)8-4-2-3-5-13-8/h2-5,9,16H,6H2,1H3,(H2,12,14,15). The maximum atomic E-state index is 9.74. The Labute approximate surface area is 93.7 Å². The molecule has 0 amide bonds. The van der Waals surface area contributed by atoms with Crippen molar-refractivity contribution in [3.63, 3.8) is 0 Å². The van der Waals surface area contributed by atoms with E-state index in [1.165, 1.54) is 0 Å². The SMILES string of the molecule is CN=C(NC#N)NCC(O)c1ccccn1. The Balaban J connectivity index is 2.47. The number of aliphatic hydroxyl groups excluding tert-OH is 1. The van der Waals surface area contributed by atoms with Gasteiger partial charge in [-0.1, -0.05) is 6.07 Å². The molecule has 6 nitrogen and oxygen atoms in total. The van der Waals surface area contributed by atoms with E-state index < -0.39 is 6.10 Å². The van der Waals surface area contributed by atoms with Crippen LogP contribution in [0, 0.1) is 11.5 Å². The number of hydrogen-bond donors (Lipinski definition) is 3. The molecule has 0 aromatic carbocycles. The number of guanidine groups is 1. The van der Waals surface area contributed by atoms with Gasteiger partial charge in [0.15, 0.2) is 6.19 Å². The Morgan fingerprint density at radius 3 is 3.06 bits per heavy atom. The van der Waals surface area contributed by atoms with E-state index >= 15 is 0 Å². The van der Waals surface area contributed by atoms with Gasteiger partial charge in [-0.3, -0.25) is 15.3 Å². The van der Waals surface area contributed by atoms with Crippen LogP contribution in [0.15, 0.2) is 29.4 Å². The highest BCUT2D eigenvalue weighted by atomic mass is 16.3. The summed E-state index contributed by atoms with van der Waals surface area (Å²) in [4.78, 5) is 7.80. The van der Waals surface area contributed by atoms with E-state index in [1.54, 1.807) is 37.6 Å². The average molecular weight is 219 g/mol. The maximum Gasteiger partial charge on any atom is 0.204 e. The Kier molecular flexibility index (Phi) is 4.76. The first-order chi connectivity index (χ1) is 7.77. The van der Waals surface area contributed by atoms with Crippen LogP contribution in [-0.2, 0) is 0 Å². The lowest BCUT2D eigenvalue weighted by Gasteiger charge is -2.12. The van der Waals surface area contributed by atoms with Crippen molar-refractivity contribution in [3.8, 4) is 6.19 Å². The number of nitrogens with one attached hydrogen (secondary N) is 2. The van der Waals surface area contributed by atoms with Gasteiger partial charge in [0.2, 0.25) is 5.96 Å². The first-order valence-corrected chi connectivity index (χ1v) is 4.72. The van der Waals surface area contributed by atoms with Gasteiger partial charge in [0.05, 0.1) is 5.69 Å². The zero-order valence-electron chi connectivity index (χ0n) is 8.88. The van der Waals surface area contributed by atoms with E-state index in [4.69, 9.17) is 5.26 Å². The summed E-state index contributed by atoms with van der Waals surface area (Å²) in [6.07, 6.45) is 2.62. The van der Waals surface area contributed by atoms with Crippen LogP contribution in [0.1, 0.15) is 11.8 Å². The van der Waals surface area contributed by atoms with Crippen LogP contribution in [0.4, 0.5) is 0 Å². The molecular weight excluding hydrogens is 206 g/mol. The zero-order chi connectivity index (χ0) is 11.8. The number of pyridine rings is 1. The molecule has 1 aromatic heterocycles. The third-order valence-electron chi connectivity index (χ3n) is 1.89. The molecule has 1 heterocycles. The third-order valence-corrected chi connectivity index (χ3v) is 1.89. The predicted octanol–water partition coefficient (Wildman–Crippen LogP) is -0.239. The second-order valence-electron chi connectivity index (χ2n) is 2.96. The van der Waals surface area contributed by atoms with E-state index in [-0.39, 0.29) is 6.54 Å². The largest absolute Gasteiger partial charge is 0.385 e. The highest BCUT2D eigenvalue weighted by molar-refractivity contribution is 5.80. The van der Waals surface area contributed by atoms with E-state index in [1.807, 2.05) is 0 Å². The Morgan fingerprint density at radius 1 is 1.69 bits per heavy atom. The molecule has 1 aromatic rings. The van der Waals surface area contributed by atoms with Gasteiger partial charge in [0, 0.05) is 19.8 Å². The van der Waals surface area contributed by atoms with Gasteiger partial charge >= 0.3 is 0 Å². The first kappa shape index (κ1) is 11.9. The summed E-state index contributed by atoms with van der Waals surface area (Å²) in [5.74, 6) is 0.317. The lowest BCUT2D eigenvalue weighted by atomic mass is 10.2. The molecule has 16 heavy (non-hydrogen) atoms. The summed E-state index contributed by atoms with van der Waals surface area (Å²) in [6, 6.07) is 5.31. The van der Waals surface area contributed by atoms with Crippen molar-refractivity contribution >= 4 is 5.96 Å². The molecule has 0 aliphatic rings.